The van der Waals surface area contributed by atoms with Gasteiger partial charge < -0.3 is 14.5 Å². The minimum atomic E-state index is -2.39. The van der Waals surface area contributed by atoms with Crippen molar-refractivity contribution >= 4 is 39.8 Å². The number of hydrogen-bond donors (Lipinski definition) is 2. The number of benzene rings is 2. The van der Waals surface area contributed by atoms with Gasteiger partial charge in [0.1, 0.15) is 17.2 Å². The number of amides is 1. The van der Waals surface area contributed by atoms with E-state index < -0.39 is 29.0 Å². The summed E-state index contributed by atoms with van der Waals surface area (Å²) in [6, 6.07) is 10.2. The Morgan fingerprint density at radius 2 is 1.89 bits per heavy atom. The zero-order chi connectivity index (χ0) is 26.0. The highest BCUT2D eigenvalue weighted by atomic mass is 32.2. The first kappa shape index (κ1) is 25.0. The maximum Gasteiger partial charge on any atom is 0.339 e. The van der Waals surface area contributed by atoms with Gasteiger partial charge in [-0.2, -0.15) is 0 Å². The van der Waals surface area contributed by atoms with E-state index in [2.05, 4.69) is 10.3 Å². The van der Waals surface area contributed by atoms with Gasteiger partial charge in [0.25, 0.3) is 17.2 Å². The lowest BCUT2D eigenvalue weighted by Gasteiger charge is -2.21. The molecular weight excluding hydrogens is 489 g/mol. The number of aromatic nitrogens is 1. The van der Waals surface area contributed by atoms with Gasteiger partial charge in [-0.15, -0.1) is 0 Å². The van der Waals surface area contributed by atoms with Gasteiger partial charge in [0, 0.05) is 54.1 Å². The van der Waals surface area contributed by atoms with Crippen molar-refractivity contribution in [1.82, 2.24) is 10.3 Å². The zero-order valence-corrected chi connectivity index (χ0v) is 20.4. The summed E-state index contributed by atoms with van der Waals surface area (Å²) >= 11 is -2.39. The molecular formula is C25H22FN3O6S. The highest BCUT2D eigenvalue weighted by molar-refractivity contribution is 7.80. The molecule has 0 spiro atoms. The van der Waals surface area contributed by atoms with E-state index in [1.807, 2.05) is 0 Å². The minimum Gasteiger partial charge on any atom is -0.465 e. The van der Waals surface area contributed by atoms with Crippen molar-refractivity contribution in [2.45, 2.75) is 6.92 Å². The molecule has 36 heavy (non-hydrogen) atoms. The first-order chi connectivity index (χ1) is 17.3. The van der Waals surface area contributed by atoms with Crippen LogP contribution in [-0.4, -0.2) is 46.3 Å². The van der Waals surface area contributed by atoms with Gasteiger partial charge in [-0.05, 0) is 43.3 Å². The Hall–Kier alpha value is -4.09. The monoisotopic (exact) mass is 511 g/mol. The average Bonchev–Trinajstić information content (AvgIpc) is 3.26. The second-order valence-electron chi connectivity index (χ2n) is 7.64. The average molecular weight is 512 g/mol. The van der Waals surface area contributed by atoms with Crippen LogP contribution in [0.25, 0.3) is 33.4 Å². The van der Waals surface area contributed by atoms with Crippen LogP contribution in [0.15, 0.2) is 59.3 Å². The Bertz CT molecular complexity index is 1490. The second-order valence-corrected chi connectivity index (χ2v) is 8.54. The number of nitrogens with zero attached hydrogens (tertiary/aromatic N) is 2. The molecule has 0 aliphatic heterocycles. The van der Waals surface area contributed by atoms with Crippen LogP contribution in [0, 0.1) is 5.82 Å². The number of methoxy groups -OCH3 is 1. The lowest BCUT2D eigenvalue weighted by molar-refractivity contribution is 0.0600. The molecule has 1 unspecified atom stereocenters. The number of pyridine rings is 1. The number of furan rings is 1. The molecule has 186 valence electrons. The Morgan fingerprint density at radius 1 is 1.17 bits per heavy atom. The van der Waals surface area contributed by atoms with Crippen molar-refractivity contribution in [3.63, 3.8) is 0 Å². The van der Waals surface area contributed by atoms with Crippen molar-refractivity contribution in [3.8, 4) is 22.5 Å². The van der Waals surface area contributed by atoms with Gasteiger partial charge in [0.15, 0.2) is 0 Å². The highest BCUT2D eigenvalue weighted by Gasteiger charge is 2.26. The molecule has 2 aromatic carbocycles. The molecule has 0 aliphatic carbocycles. The van der Waals surface area contributed by atoms with Crippen LogP contribution in [0.2, 0.25) is 0 Å². The van der Waals surface area contributed by atoms with Gasteiger partial charge in [-0.1, -0.05) is 0 Å². The van der Waals surface area contributed by atoms with E-state index in [0.717, 1.165) is 0 Å². The van der Waals surface area contributed by atoms with Crippen LogP contribution in [0.5, 0.6) is 0 Å². The predicted octanol–water partition coefficient (Wildman–Crippen LogP) is 4.41. The highest BCUT2D eigenvalue weighted by Crippen LogP contribution is 2.41. The summed E-state index contributed by atoms with van der Waals surface area (Å²) in [5, 5.41) is 3.01. The van der Waals surface area contributed by atoms with Crippen LogP contribution in [0.3, 0.4) is 0 Å². The lowest BCUT2D eigenvalue weighted by atomic mass is 9.98. The van der Waals surface area contributed by atoms with Crippen molar-refractivity contribution < 1.29 is 31.9 Å². The second kappa shape index (κ2) is 10.3. The third-order valence-corrected chi connectivity index (χ3v) is 6.41. The normalized spacial score (nSPS) is 11.8. The topological polar surface area (TPSA) is 122 Å². The van der Waals surface area contributed by atoms with Crippen LogP contribution < -0.4 is 9.62 Å². The van der Waals surface area contributed by atoms with Crippen LogP contribution in [0.4, 0.5) is 10.1 Å². The third kappa shape index (κ3) is 4.58. The largest absolute Gasteiger partial charge is 0.465 e. The number of carbonyl (C=O) groups is 2. The fourth-order valence-corrected chi connectivity index (χ4v) is 4.45. The number of rotatable bonds is 7. The maximum absolute atomic E-state index is 13.5. The summed E-state index contributed by atoms with van der Waals surface area (Å²) in [5.74, 6) is -1.27. The van der Waals surface area contributed by atoms with E-state index in [4.69, 9.17) is 9.15 Å². The number of esters is 1. The molecule has 0 fully saturated rings. The van der Waals surface area contributed by atoms with Gasteiger partial charge in [-0.3, -0.25) is 18.6 Å². The summed E-state index contributed by atoms with van der Waals surface area (Å²) < 4.78 is 47.7. The number of halogens is 1. The Balaban J connectivity index is 2.06. The van der Waals surface area contributed by atoms with Gasteiger partial charge in [-0.25, -0.2) is 13.4 Å². The van der Waals surface area contributed by atoms with Crippen LogP contribution >= 0.6 is 0 Å². The van der Waals surface area contributed by atoms with E-state index in [1.54, 1.807) is 19.1 Å². The van der Waals surface area contributed by atoms with Gasteiger partial charge in [0.05, 0.1) is 23.9 Å². The SMILES string of the molecule is CCN(c1cc2oc(-c3ccc(F)cc3)c(C(=O)NC)c2cc1-c1cncc(C(=O)OC)c1)S(=O)O. The van der Waals surface area contributed by atoms with Crippen molar-refractivity contribution in [2.24, 2.45) is 0 Å². The molecule has 2 aromatic heterocycles. The van der Waals surface area contributed by atoms with E-state index >= 15 is 0 Å². The fraction of sp³-hybridized carbons (Fsp3) is 0.160. The van der Waals surface area contributed by atoms with Gasteiger partial charge in [0.2, 0.25) is 0 Å². The van der Waals surface area contributed by atoms with E-state index in [0.29, 0.717) is 27.8 Å². The smallest absolute Gasteiger partial charge is 0.339 e. The number of carbonyl (C=O) groups excluding carboxylic acids is 2. The van der Waals surface area contributed by atoms with E-state index in [1.165, 1.54) is 61.2 Å². The number of nitrogens with one attached hydrogen (secondary N) is 1. The molecule has 1 amide bonds. The standard InChI is InChI=1S/C25H22FN3O6S/c1-4-29(36(32)33)20-11-21-19(10-18(20)15-9-16(13-28-12-15)25(31)34-3)22(24(30)27-2)23(35-21)14-5-7-17(26)8-6-14/h5-13H,4H2,1-3H3,(H,27,30)(H,32,33). The molecule has 2 N–H and O–H groups in total. The predicted molar refractivity (Wildman–Crippen MR) is 133 cm³/mol. The maximum atomic E-state index is 13.5. The summed E-state index contributed by atoms with van der Waals surface area (Å²) in [7, 11) is 2.72. The zero-order valence-electron chi connectivity index (χ0n) is 19.6. The molecule has 0 radical (unpaired) electrons. The Morgan fingerprint density at radius 3 is 2.50 bits per heavy atom. The molecule has 0 saturated heterocycles. The molecule has 11 heteroatoms. The van der Waals surface area contributed by atoms with Crippen LogP contribution in [-0.2, 0) is 16.0 Å². The quantitative estimate of drug-likeness (QED) is 0.278. The van der Waals surface area contributed by atoms with Gasteiger partial charge >= 0.3 is 5.97 Å². The summed E-state index contributed by atoms with van der Waals surface area (Å²) in [6.45, 7) is 1.87. The van der Waals surface area contributed by atoms with Crippen molar-refractivity contribution in [1.29, 1.82) is 0 Å². The summed E-state index contributed by atoms with van der Waals surface area (Å²) in [6.07, 6.45) is 2.83. The van der Waals surface area contributed by atoms with Crippen LogP contribution in [0.1, 0.15) is 27.6 Å². The Kier molecular flexibility index (Phi) is 7.13. The van der Waals surface area contributed by atoms with Crippen molar-refractivity contribution in [3.05, 3.63) is 71.8 Å². The molecule has 4 rings (SSSR count). The molecule has 9 nitrogen and oxygen atoms in total. The first-order valence-electron chi connectivity index (χ1n) is 10.8. The Labute approximate surface area is 208 Å². The van der Waals surface area contributed by atoms with E-state index in [9.17, 15) is 22.7 Å². The molecule has 0 bridgehead atoms. The molecule has 0 saturated carbocycles. The number of anilines is 1. The molecule has 1 atom stereocenters. The van der Waals surface area contributed by atoms with E-state index in [-0.39, 0.29) is 29.0 Å². The summed E-state index contributed by atoms with van der Waals surface area (Å²) in [4.78, 5) is 29.2. The number of fused-ring (bicyclic) bond motifs is 1. The van der Waals surface area contributed by atoms with Crippen molar-refractivity contribution in [2.75, 3.05) is 25.0 Å². The lowest BCUT2D eigenvalue weighted by Crippen LogP contribution is -2.25. The summed E-state index contributed by atoms with van der Waals surface area (Å²) in [5.41, 5.74) is 2.33. The minimum absolute atomic E-state index is 0.166. The molecule has 4 aromatic rings. The first-order valence-corrected chi connectivity index (χ1v) is 11.9. The molecule has 2 heterocycles. The third-order valence-electron chi connectivity index (χ3n) is 5.58. The number of ether oxygens (including phenoxy) is 1. The fourth-order valence-electron chi connectivity index (χ4n) is 3.91. The molecule has 0 aliphatic rings. The number of hydrogen-bond acceptors (Lipinski definition) is 6.